The number of esters is 1. The number of amides is 1. The van der Waals surface area contributed by atoms with Gasteiger partial charge < -0.3 is 9.47 Å². The van der Waals surface area contributed by atoms with Gasteiger partial charge in [-0.15, -0.1) is 0 Å². The van der Waals surface area contributed by atoms with Crippen molar-refractivity contribution >= 4 is 17.7 Å². The number of likely N-dealkylation sites (N-methyl/N-ethyl adjacent to an activating group) is 1. The third kappa shape index (κ3) is 7.64. The van der Waals surface area contributed by atoms with Crippen molar-refractivity contribution in [2.24, 2.45) is 0 Å². The summed E-state index contributed by atoms with van der Waals surface area (Å²) in [6, 6.07) is 4.89. The minimum Gasteiger partial charge on any atom is -0.458 e. The van der Waals surface area contributed by atoms with Crippen LogP contribution in [0.2, 0.25) is 0 Å². The van der Waals surface area contributed by atoms with E-state index < -0.39 is 34.2 Å². The minimum absolute atomic E-state index is 0.0481. The molecule has 0 spiro atoms. The van der Waals surface area contributed by atoms with Gasteiger partial charge in [-0.1, -0.05) is 12.1 Å². The summed E-state index contributed by atoms with van der Waals surface area (Å²) in [6.07, 6.45) is -0.511. The van der Waals surface area contributed by atoms with E-state index >= 15 is 0 Å². The molecule has 0 aliphatic heterocycles. The first-order chi connectivity index (χ1) is 12.2. The molecule has 0 fully saturated rings. The lowest BCUT2D eigenvalue weighted by molar-refractivity contribution is -0.384. The maximum absolute atomic E-state index is 12.7. The van der Waals surface area contributed by atoms with Crippen molar-refractivity contribution in [1.29, 1.82) is 0 Å². The van der Waals surface area contributed by atoms with Crippen LogP contribution in [0.1, 0.15) is 47.1 Å². The topological polar surface area (TPSA) is 99.0 Å². The van der Waals surface area contributed by atoms with Crippen LogP contribution in [0.4, 0.5) is 10.5 Å². The standard InChI is InChI=1S/C19H28N2O6/c1-18(2,3)26-16(22)15(20(7)17(23)27-19(4,5)6)12-13-8-10-14(11-9-13)21(24)25/h8-11,15H,12H2,1-7H3/t15-/m0/s1. The van der Waals surface area contributed by atoms with E-state index in [-0.39, 0.29) is 12.1 Å². The molecule has 150 valence electrons. The summed E-state index contributed by atoms with van der Waals surface area (Å²) in [6.45, 7) is 10.4. The molecule has 1 aromatic carbocycles. The molecule has 8 nitrogen and oxygen atoms in total. The van der Waals surface area contributed by atoms with E-state index in [0.29, 0.717) is 5.56 Å². The highest BCUT2D eigenvalue weighted by molar-refractivity contribution is 5.82. The average molecular weight is 380 g/mol. The fourth-order valence-corrected chi connectivity index (χ4v) is 2.19. The Hall–Kier alpha value is -2.64. The molecule has 1 atom stereocenters. The molecular formula is C19H28N2O6. The Morgan fingerprint density at radius 3 is 1.93 bits per heavy atom. The predicted octanol–water partition coefficient (Wildman–Crippen LogP) is 3.71. The van der Waals surface area contributed by atoms with Crippen molar-refractivity contribution in [2.75, 3.05) is 7.05 Å². The summed E-state index contributed by atoms with van der Waals surface area (Å²) < 4.78 is 10.8. The number of carbonyl (C=O) groups is 2. The van der Waals surface area contributed by atoms with Gasteiger partial charge in [0.1, 0.15) is 17.2 Å². The maximum atomic E-state index is 12.7. The molecule has 0 bridgehead atoms. The highest BCUT2D eigenvalue weighted by atomic mass is 16.6. The summed E-state index contributed by atoms with van der Waals surface area (Å²) in [5.74, 6) is -0.575. The Morgan fingerprint density at radius 1 is 1.04 bits per heavy atom. The lowest BCUT2D eigenvalue weighted by Gasteiger charge is -2.31. The van der Waals surface area contributed by atoms with Crippen molar-refractivity contribution in [1.82, 2.24) is 4.90 Å². The normalized spacial score (nSPS) is 12.9. The molecule has 27 heavy (non-hydrogen) atoms. The van der Waals surface area contributed by atoms with E-state index in [4.69, 9.17) is 9.47 Å². The zero-order valence-corrected chi connectivity index (χ0v) is 16.9. The molecule has 0 saturated carbocycles. The van der Waals surface area contributed by atoms with Gasteiger partial charge in [0.2, 0.25) is 0 Å². The van der Waals surface area contributed by atoms with Crippen molar-refractivity contribution in [3.05, 3.63) is 39.9 Å². The second-order valence-electron chi connectivity index (χ2n) is 8.27. The molecule has 0 aliphatic rings. The van der Waals surface area contributed by atoms with Crippen LogP contribution in [0.15, 0.2) is 24.3 Å². The van der Waals surface area contributed by atoms with Crippen molar-refractivity contribution < 1.29 is 24.0 Å². The van der Waals surface area contributed by atoms with E-state index in [1.807, 2.05) is 0 Å². The van der Waals surface area contributed by atoms with Crippen molar-refractivity contribution in [3.8, 4) is 0 Å². The van der Waals surface area contributed by atoms with E-state index in [1.165, 1.54) is 24.1 Å². The van der Waals surface area contributed by atoms with Crippen LogP contribution >= 0.6 is 0 Å². The van der Waals surface area contributed by atoms with Crippen LogP contribution in [0.25, 0.3) is 0 Å². The number of benzene rings is 1. The van der Waals surface area contributed by atoms with Gasteiger partial charge in [-0.2, -0.15) is 0 Å². The number of rotatable bonds is 5. The second kappa shape index (κ2) is 8.37. The Morgan fingerprint density at radius 2 is 1.52 bits per heavy atom. The molecule has 1 aromatic rings. The Kier molecular flexibility index (Phi) is 6.94. The number of nitrogens with zero attached hydrogens (tertiary/aromatic N) is 2. The highest BCUT2D eigenvalue weighted by Crippen LogP contribution is 2.19. The Labute approximate surface area is 159 Å². The monoisotopic (exact) mass is 380 g/mol. The zero-order chi connectivity index (χ0) is 21.0. The molecule has 1 amide bonds. The van der Waals surface area contributed by atoms with Crippen LogP contribution < -0.4 is 0 Å². The maximum Gasteiger partial charge on any atom is 0.410 e. The molecule has 0 aliphatic carbocycles. The third-order valence-corrected chi connectivity index (χ3v) is 3.40. The smallest absolute Gasteiger partial charge is 0.410 e. The number of ether oxygens (including phenoxy) is 2. The summed E-state index contributed by atoms with van der Waals surface area (Å²) in [5.41, 5.74) is -0.823. The number of hydrogen-bond acceptors (Lipinski definition) is 6. The van der Waals surface area contributed by atoms with E-state index in [0.717, 1.165) is 0 Å². The number of carbonyl (C=O) groups excluding carboxylic acids is 2. The largest absolute Gasteiger partial charge is 0.458 e. The minimum atomic E-state index is -0.930. The van der Waals surface area contributed by atoms with Gasteiger partial charge in [0, 0.05) is 25.6 Å². The first kappa shape index (κ1) is 22.4. The molecule has 0 radical (unpaired) electrons. The molecule has 0 unspecified atom stereocenters. The number of nitro groups is 1. The third-order valence-electron chi connectivity index (χ3n) is 3.40. The summed E-state index contributed by atoms with van der Waals surface area (Å²) >= 11 is 0. The van der Waals surface area contributed by atoms with Crippen LogP contribution in [0, 0.1) is 10.1 Å². The second-order valence-corrected chi connectivity index (χ2v) is 8.27. The van der Waals surface area contributed by atoms with E-state index in [2.05, 4.69) is 0 Å². The van der Waals surface area contributed by atoms with Crippen molar-refractivity contribution in [2.45, 2.75) is 65.2 Å². The van der Waals surface area contributed by atoms with Gasteiger partial charge in [0.15, 0.2) is 0 Å². The van der Waals surface area contributed by atoms with E-state index in [9.17, 15) is 19.7 Å². The van der Waals surface area contributed by atoms with Gasteiger partial charge in [-0.05, 0) is 47.1 Å². The molecule has 1 rings (SSSR count). The highest BCUT2D eigenvalue weighted by Gasteiger charge is 2.33. The van der Waals surface area contributed by atoms with Gasteiger partial charge in [-0.3, -0.25) is 15.0 Å². The predicted molar refractivity (Wildman–Crippen MR) is 100 cm³/mol. The first-order valence-electron chi connectivity index (χ1n) is 8.61. The molecule has 0 aromatic heterocycles. The van der Waals surface area contributed by atoms with Crippen LogP contribution in [0.5, 0.6) is 0 Å². The van der Waals surface area contributed by atoms with Crippen LogP contribution in [0.3, 0.4) is 0 Å². The van der Waals surface area contributed by atoms with Gasteiger partial charge in [-0.25, -0.2) is 9.59 Å². The SMILES string of the molecule is CN(C(=O)OC(C)(C)C)[C@@H](Cc1ccc([N+](=O)[O-])cc1)C(=O)OC(C)(C)C. The lowest BCUT2D eigenvalue weighted by atomic mass is 10.0. The average Bonchev–Trinajstić information content (AvgIpc) is 2.48. The lowest BCUT2D eigenvalue weighted by Crippen LogP contribution is -2.48. The summed E-state index contributed by atoms with van der Waals surface area (Å²) in [5, 5.41) is 10.8. The number of hydrogen-bond donors (Lipinski definition) is 0. The molecule has 0 saturated heterocycles. The molecule has 0 N–H and O–H groups in total. The van der Waals surface area contributed by atoms with Crippen LogP contribution in [-0.2, 0) is 20.7 Å². The van der Waals surface area contributed by atoms with Gasteiger partial charge >= 0.3 is 12.1 Å². The first-order valence-corrected chi connectivity index (χ1v) is 8.61. The summed E-state index contributed by atoms with van der Waals surface area (Å²) in [4.78, 5) is 36.6. The number of nitro benzene ring substituents is 1. The fraction of sp³-hybridized carbons (Fsp3) is 0.579. The van der Waals surface area contributed by atoms with Crippen LogP contribution in [-0.4, -0.2) is 46.2 Å². The Bertz CT molecular complexity index is 686. The zero-order valence-electron chi connectivity index (χ0n) is 16.9. The quantitative estimate of drug-likeness (QED) is 0.439. The fourth-order valence-electron chi connectivity index (χ4n) is 2.19. The van der Waals surface area contributed by atoms with Gasteiger partial charge in [0.25, 0.3) is 5.69 Å². The number of non-ortho nitro benzene ring substituents is 1. The van der Waals surface area contributed by atoms with Crippen molar-refractivity contribution in [3.63, 3.8) is 0 Å². The summed E-state index contributed by atoms with van der Waals surface area (Å²) in [7, 11) is 1.47. The molecular weight excluding hydrogens is 352 g/mol. The van der Waals surface area contributed by atoms with Gasteiger partial charge in [0.05, 0.1) is 4.92 Å². The molecule has 8 heteroatoms. The molecule has 0 heterocycles. The Balaban J connectivity index is 3.08. The van der Waals surface area contributed by atoms with E-state index in [1.54, 1.807) is 53.7 Å².